The van der Waals surface area contributed by atoms with Crippen molar-refractivity contribution in [2.24, 2.45) is 0 Å². The predicted molar refractivity (Wildman–Crippen MR) is 79.5 cm³/mol. The third-order valence-corrected chi connectivity index (χ3v) is 3.55. The Balaban J connectivity index is 2.05. The summed E-state index contributed by atoms with van der Waals surface area (Å²) in [7, 11) is 2.00. The Morgan fingerprint density at radius 2 is 1.68 bits per heavy atom. The first kappa shape index (κ1) is 13.6. The third kappa shape index (κ3) is 3.83. The lowest BCUT2D eigenvalue weighted by Crippen LogP contribution is -2.30. The summed E-state index contributed by atoms with van der Waals surface area (Å²) in [6.45, 7) is 2.16. The maximum atomic E-state index is 9.30. The molecule has 0 aliphatic heterocycles. The molecule has 0 saturated carbocycles. The van der Waals surface area contributed by atoms with Gasteiger partial charge in [-0.15, -0.1) is 0 Å². The van der Waals surface area contributed by atoms with E-state index in [0.29, 0.717) is 11.8 Å². The molecule has 100 valence electrons. The Labute approximate surface area is 115 Å². The Bertz CT molecular complexity index is 519. The van der Waals surface area contributed by atoms with Gasteiger partial charge in [0.05, 0.1) is 0 Å². The van der Waals surface area contributed by atoms with Crippen LogP contribution in [0.3, 0.4) is 0 Å². The highest BCUT2D eigenvalue weighted by atomic mass is 16.3. The Hall–Kier alpha value is -1.80. The van der Waals surface area contributed by atoms with Crippen molar-refractivity contribution < 1.29 is 5.11 Å². The van der Waals surface area contributed by atoms with E-state index < -0.39 is 0 Å². The topological polar surface area (TPSA) is 32.3 Å². The highest BCUT2D eigenvalue weighted by Crippen LogP contribution is 2.15. The molecule has 0 aliphatic rings. The van der Waals surface area contributed by atoms with E-state index in [-0.39, 0.29) is 0 Å². The Morgan fingerprint density at radius 3 is 2.32 bits per heavy atom. The summed E-state index contributed by atoms with van der Waals surface area (Å²) in [5.41, 5.74) is 3.97. The van der Waals surface area contributed by atoms with Gasteiger partial charge in [0.15, 0.2) is 0 Å². The van der Waals surface area contributed by atoms with E-state index in [9.17, 15) is 5.11 Å². The minimum atomic E-state index is 0.323. The standard InChI is InChI=1S/C17H21NO/c1-13-5-3-4-6-15(13)12-16(18-2)11-14-7-9-17(19)10-8-14/h3-10,16,18-19H,11-12H2,1-2H3. The number of aromatic hydroxyl groups is 1. The second-order valence-electron chi connectivity index (χ2n) is 4.99. The van der Waals surface area contributed by atoms with Gasteiger partial charge in [-0.3, -0.25) is 0 Å². The lowest BCUT2D eigenvalue weighted by Gasteiger charge is -2.17. The molecule has 1 atom stereocenters. The second kappa shape index (κ2) is 6.39. The number of phenols is 1. The van der Waals surface area contributed by atoms with Crippen LogP contribution in [0.5, 0.6) is 5.75 Å². The van der Waals surface area contributed by atoms with Gasteiger partial charge >= 0.3 is 0 Å². The number of benzene rings is 2. The van der Waals surface area contributed by atoms with Crippen LogP contribution in [0, 0.1) is 6.92 Å². The number of phenolic OH excluding ortho intramolecular Hbond substituents is 1. The molecule has 0 aliphatic carbocycles. The largest absolute Gasteiger partial charge is 0.508 e. The summed E-state index contributed by atoms with van der Waals surface area (Å²) in [5.74, 6) is 0.323. The van der Waals surface area contributed by atoms with Crippen LogP contribution >= 0.6 is 0 Å². The zero-order chi connectivity index (χ0) is 13.7. The first-order valence-electron chi connectivity index (χ1n) is 6.68. The molecular weight excluding hydrogens is 234 g/mol. The molecule has 0 spiro atoms. The van der Waals surface area contributed by atoms with Crippen LogP contribution in [0.2, 0.25) is 0 Å². The van der Waals surface area contributed by atoms with Crippen molar-refractivity contribution in [3.8, 4) is 5.75 Å². The highest BCUT2D eigenvalue weighted by Gasteiger charge is 2.09. The number of aryl methyl sites for hydroxylation is 1. The number of nitrogens with one attached hydrogen (secondary N) is 1. The van der Waals surface area contributed by atoms with E-state index in [1.807, 2.05) is 19.2 Å². The molecular formula is C17H21NO. The Kier molecular flexibility index (Phi) is 4.58. The van der Waals surface area contributed by atoms with Crippen LogP contribution in [0.4, 0.5) is 0 Å². The molecule has 0 amide bonds. The monoisotopic (exact) mass is 255 g/mol. The first-order chi connectivity index (χ1) is 9.19. The fourth-order valence-electron chi connectivity index (χ4n) is 2.30. The molecule has 2 N–H and O–H groups in total. The molecule has 0 bridgehead atoms. The van der Waals surface area contributed by atoms with Gasteiger partial charge in [0.2, 0.25) is 0 Å². The zero-order valence-electron chi connectivity index (χ0n) is 11.6. The molecule has 0 saturated heterocycles. The summed E-state index contributed by atoms with van der Waals surface area (Å²) in [6, 6.07) is 16.4. The summed E-state index contributed by atoms with van der Waals surface area (Å²) >= 11 is 0. The maximum Gasteiger partial charge on any atom is 0.115 e. The van der Waals surface area contributed by atoms with Gasteiger partial charge in [-0.1, -0.05) is 36.4 Å². The highest BCUT2D eigenvalue weighted by molar-refractivity contribution is 5.29. The van der Waals surface area contributed by atoms with Crippen LogP contribution in [-0.2, 0) is 12.8 Å². The quantitative estimate of drug-likeness (QED) is 0.860. The first-order valence-corrected chi connectivity index (χ1v) is 6.68. The van der Waals surface area contributed by atoms with Crippen LogP contribution in [0.25, 0.3) is 0 Å². The summed E-state index contributed by atoms with van der Waals surface area (Å²) in [5, 5.41) is 12.7. The van der Waals surface area contributed by atoms with E-state index in [1.54, 1.807) is 12.1 Å². The lowest BCUT2D eigenvalue weighted by atomic mass is 9.96. The molecule has 0 fully saturated rings. The van der Waals surface area contributed by atoms with Gasteiger partial charge in [-0.25, -0.2) is 0 Å². The molecule has 2 aromatic carbocycles. The molecule has 2 nitrogen and oxygen atoms in total. The molecule has 2 heteroatoms. The maximum absolute atomic E-state index is 9.30. The average molecular weight is 255 g/mol. The molecule has 0 aromatic heterocycles. The molecule has 2 rings (SSSR count). The molecule has 19 heavy (non-hydrogen) atoms. The van der Waals surface area contributed by atoms with Crippen molar-refractivity contribution in [3.63, 3.8) is 0 Å². The smallest absolute Gasteiger partial charge is 0.115 e. The van der Waals surface area contributed by atoms with Crippen molar-refractivity contribution in [1.29, 1.82) is 0 Å². The van der Waals surface area contributed by atoms with Crippen LogP contribution in [0.15, 0.2) is 48.5 Å². The minimum Gasteiger partial charge on any atom is -0.508 e. The van der Waals surface area contributed by atoms with Gasteiger partial charge in [0, 0.05) is 6.04 Å². The van der Waals surface area contributed by atoms with Crippen molar-refractivity contribution in [1.82, 2.24) is 5.32 Å². The van der Waals surface area contributed by atoms with Gasteiger partial charge in [-0.05, 0) is 55.6 Å². The van der Waals surface area contributed by atoms with Gasteiger partial charge in [0.25, 0.3) is 0 Å². The Morgan fingerprint density at radius 1 is 1.00 bits per heavy atom. The molecule has 1 unspecified atom stereocenters. The number of rotatable bonds is 5. The number of hydrogen-bond donors (Lipinski definition) is 2. The van der Waals surface area contributed by atoms with Gasteiger partial charge in [0.1, 0.15) is 5.75 Å². The van der Waals surface area contributed by atoms with Gasteiger partial charge in [-0.2, -0.15) is 0 Å². The SMILES string of the molecule is CNC(Cc1ccc(O)cc1)Cc1ccccc1C. The van der Waals surface area contributed by atoms with Crippen LogP contribution in [-0.4, -0.2) is 18.2 Å². The number of hydrogen-bond acceptors (Lipinski definition) is 2. The summed E-state index contributed by atoms with van der Waals surface area (Å²) < 4.78 is 0. The normalized spacial score (nSPS) is 12.3. The average Bonchev–Trinajstić information content (AvgIpc) is 2.43. The van der Waals surface area contributed by atoms with Gasteiger partial charge < -0.3 is 10.4 Å². The fourth-order valence-corrected chi connectivity index (χ4v) is 2.30. The minimum absolute atomic E-state index is 0.323. The zero-order valence-corrected chi connectivity index (χ0v) is 11.6. The molecule has 0 radical (unpaired) electrons. The predicted octanol–water partition coefficient (Wildman–Crippen LogP) is 3.07. The van der Waals surface area contributed by atoms with Crippen molar-refractivity contribution in [2.75, 3.05) is 7.05 Å². The summed E-state index contributed by atoms with van der Waals surface area (Å²) in [6.07, 6.45) is 1.98. The fraction of sp³-hybridized carbons (Fsp3) is 0.294. The molecule has 0 heterocycles. The third-order valence-electron chi connectivity index (χ3n) is 3.55. The van der Waals surface area contributed by atoms with E-state index in [2.05, 4.69) is 36.5 Å². The second-order valence-corrected chi connectivity index (χ2v) is 4.99. The molecule has 2 aromatic rings. The van der Waals surface area contributed by atoms with Crippen LogP contribution in [0.1, 0.15) is 16.7 Å². The van der Waals surface area contributed by atoms with E-state index >= 15 is 0 Å². The van der Waals surface area contributed by atoms with E-state index in [4.69, 9.17) is 0 Å². The summed E-state index contributed by atoms with van der Waals surface area (Å²) in [4.78, 5) is 0. The van der Waals surface area contributed by atoms with E-state index in [0.717, 1.165) is 12.8 Å². The van der Waals surface area contributed by atoms with E-state index in [1.165, 1.54) is 16.7 Å². The van der Waals surface area contributed by atoms with Crippen LogP contribution < -0.4 is 5.32 Å². The lowest BCUT2D eigenvalue weighted by molar-refractivity contribution is 0.474. The van der Waals surface area contributed by atoms with Crippen molar-refractivity contribution in [3.05, 3.63) is 65.2 Å². The number of likely N-dealkylation sites (N-methyl/N-ethyl adjacent to an activating group) is 1. The van der Waals surface area contributed by atoms with Crippen molar-refractivity contribution in [2.45, 2.75) is 25.8 Å². The van der Waals surface area contributed by atoms with Crippen molar-refractivity contribution >= 4 is 0 Å².